The first kappa shape index (κ1) is 30.4. The number of hydrogen-bond donors (Lipinski definition) is 0. The Morgan fingerprint density at radius 2 is 1.81 bits per heavy atom. The van der Waals surface area contributed by atoms with Crippen LogP contribution in [-0.2, 0) is 25.5 Å². The largest absolute Gasteiger partial charge is 0.368 e. The van der Waals surface area contributed by atoms with Gasteiger partial charge in [0.2, 0.25) is 5.91 Å². The number of amides is 1. The molecule has 0 radical (unpaired) electrons. The van der Waals surface area contributed by atoms with Crippen LogP contribution in [-0.4, -0.2) is 47.1 Å². The van der Waals surface area contributed by atoms with Crippen LogP contribution in [0.5, 0.6) is 0 Å². The van der Waals surface area contributed by atoms with E-state index in [0.29, 0.717) is 12.5 Å². The highest BCUT2D eigenvalue weighted by Crippen LogP contribution is 2.32. The summed E-state index contributed by atoms with van der Waals surface area (Å²) in [5.74, 6) is 1.40. The molecular weight excluding hydrogens is 446 g/mol. The van der Waals surface area contributed by atoms with Crippen molar-refractivity contribution in [1.82, 2.24) is 4.90 Å². The molecular formula is C24H41NO3S3. The van der Waals surface area contributed by atoms with E-state index < -0.39 is 0 Å². The molecule has 0 unspecified atom stereocenters. The fourth-order valence-corrected chi connectivity index (χ4v) is 5.38. The summed E-state index contributed by atoms with van der Waals surface area (Å²) in [6.07, 6.45) is 1.51. The summed E-state index contributed by atoms with van der Waals surface area (Å²) >= 11 is 1.70. The van der Waals surface area contributed by atoms with E-state index in [1.165, 1.54) is 11.1 Å². The number of thioether (sulfide) groups is 1. The second-order valence-corrected chi connectivity index (χ2v) is 10.6. The lowest BCUT2D eigenvalue weighted by molar-refractivity contribution is -0.136. The van der Waals surface area contributed by atoms with E-state index in [2.05, 4.69) is 58.9 Å². The van der Waals surface area contributed by atoms with Crippen LogP contribution >= 0.6 is 38.8 Å². The van der Waals surface area contributed by atoms with Gasteiger partial charge in [0.25, 0.3) is 0 Å². The molecule has 1 amide bonds. The number of nitrogens with zero attached hydrogens (tertiary/aromatic N) is 1. The Morgan fingerprint density at radius 3 is 2.35 bits per heavy atom. The van der Waals surface area contributed by atoms with Gasteiger partial charge in [-0.3, -0.25) is 9.59 Å². The highest BCUT2D eigenvalue weighted by molar-refractivity contribution is 7.99. The number of likely N-dealkylation sites (tertiary alicyclic amines) is 1. The molecule has 2 aliphatic heterocycles. The van der Waals surface area contributed by atoms with E-state index >= 15 is 0 Å². The van der Waals surface area contributed by atoms with Crippen molar-refractivity contribution in [2.45, 2.75) is 83.5 Å². The van der Waals surface area contributed by atoms with Gasteiger partial charge in [0.05, 0.1) is 11.4 Å². The monoisotopic (exact) mass is 487 g/mol. The molecule has 0 aliphatic carbocycles. The van der Waals surface area contributed by atoms with Gasteiger partial charge in [-0.1, -0.05) is 66.3 Å². The predicted octanol–water partition coefficient (Wildman–Crippen LogP) is 5.06. The third-order valence-corrected chi connectivity index (χ3v) is 6.92. The highest BCUT2D eigenvalue weighted by Gasteiger charge is 2.47. The van der Waals surface area contributed by atoms with Crippen LogP contribution in [0.3, 0.4) is 0 Å². The molecule has 4 nitrogen and oxygen atoms in total. The Balaban J connectivity index is 0.00000300. The predicted molar refractivity (Wildman–Crippen MR) is 142 cm³/mol. The zero-order valence-electron chi connectivity index (χ0n) is 18.7. The van der Waals surface area contributed by atoms with E-state index in [4.69, 9.17) is 4.74 Å². The van der Waals surface area contributed by atoms with Gasteiger partial charge >= 0.3 is 0 Å². The quantitative estimate of drug-likeness (QED) is 0.562. The molecule has 3 atom stereocenters. The average molecular weight is 488 g/mol. The molecule has 2 saturated heterocycles. The maximum absolute atomic E-state index is 13.3. The minimum Gasteiger partial charge on any atom is -0.368 e. The fraction of sp³-hybridized carbons (Fsp3) is 0.667. The van der Waals surface area contributed by atoms with Crippen LogP contribution in [0.1, 0.15) is 66.0 Å². The fourth-order valence-electron chi connectivity index (χ4n) is 3.99. The van der Waals surface area contributed by atoms with Crippen molar-refractivity contribution in [3.05, 3.63) is 35.4 Å². The Kier molecular flexibility index (Phi) is 12.3. The topological polar surface area (TPSA) is 46.6 Å². The van der Waals surface area contributed by atoms with Gasteiger partial charge in [-0.15, -0.1) is 11.8 Å². The van der Waals surface area contributed by atoms with Crippen molar-refractivity contribution < 1.29 is 14.3 Å². The van der Waals surface area contributed by atoms with Crippen molar-refractivity contribution >= 4 is 50.4 Å². The van der Waals surface area contributed by atoms with Gasteiger partial charge in [0, 0.05) is 12.3 Å². The van der Waals surface area contributed by atoms with Gasteiger partial charge in [0.1, 0.15) is 12.6 Å². The van der Waals surface area contributed by atoms with Crippen LogP contribution < -0.4 is 0 Å². The minimum atomic E-state index is -0.353. The average Bonchev–Trinajstić information content (AvgIpc) is 3.20. The van der Waals surface area contributed by atoms with E-state index in [1.54, 1.807) is 16.7 Å². The summed E-state index contributed by atoms with van der Waals surface area (Å²) in [5.41, 5.74) is 2.70. The Bertz CT molecular complexity index is 716. The number of carbonyl (C=O) groups excluding carboxylic acids is 2. The molecule has 0 aromatic heterocycles. The third kappa shape index (κ3) is 7.44. The van der Waals surface area contributed by atoms with Crippen molar-refractivity contribution in [2.75, 3.05) is 13.2 Å². The Labute approximate surface area is 207 Å². The SMILES string of the molecule is C.CC(C)C[C@H](SCc1ccc(C(C)(C)C)cc1)C(=O)N1CC[C@H]2OCC(=O)[C@H]21.S.S. The molecule has 3 rings (SSSR count). The van der Waals surface area contributed by atoms with Crippen molar-refractivity contribution in [3.63, 3.8) is 0 Å². The Morgan fingerprint density at radius 1 is 1.19 bits per heavy atom. The van der Waals surface area contributed by atoms with Gasteiger partial charge in [0.15, 0.2) is 5.78 Å². The summed E-state index contributed by atoms with van der Waals surface area (Å²) in [6, 6.07) is 8.37. The molecule has 7 heteroatoms. The number of rotatable bonds is 6. The number of ether oxygens (including phenoxy) is 1. The zero-order chi connectivity index (χ0) is 20.5. The molecule has 2 aliphatic rings. The van der Waals surface area contributed by atoms with Gasteiger partial charge < -0.3 is 9.64 Å². The molecule has 0 spiro atoms. The second kappa shape index (κ2) is 12.6. The number of hydrogen-bond acceptors (Lipinski definition) is 4. The van der Waals surface area contributed by atoms with Crippen molar-refractivity contribution in [1.29, 1.82) is 0 Å². The van der Waals surface area contributed by atoms with E-state index in [9.17, 15) is 9.59 Å². The summed E-state index contributed by atoms with van der Waals surface area (Å²) in [5, 5.41) is -0.116. The molecule has 0 N–H and O–H groups in total. The molecule has 2 fully saturated rings. The normalized spacial score (nSPS) is 21.1. The molecule has 0 saturated carbocycles. The van der Waals surface area contributed by atoms with Crippen LogP contribution in [0.2, 0.25) is 0 Å². The second-order valence-electron chi connectivity index (χ2n) is 9.46. The summed E-state index contributed by atoms with van der Waals surface area (Å²) in [7, 11) is 0. The number of benzene rings is 1. The number of fused-ring (bicyclic) bond motifs is 1. The number of carbonyl (C=O) groups is 2. The Hall–Kier alpha value is -0.630. The minimum absolute atomic E-state index is 0. The smallest absolute Gasteiger partial charge is 0.236 e. The maximum Gasteiger partial charge on any atom is 0.236 e. The highest BCUT2D eigenvalue weighted by atomic mass is 32.2. The molecule has 0 bridgehead atoms. The first-order valence-electron chi connectivity index (χ1n) is 10.3. The summed E-state index contributed by atoms with van der Waals surface area (Å²) in [4.78, 5) is 27.2. The van der Waals surface area contributed by atoms with Gasteiger partial charge in [-0.2, -0.15) is 27.0 Å². The first-order chi connectivity index (χ1) is 13.2. The lowest BCUT2D eigenvalue weighted by Crippen LogP contribution is -2.46. The summed E-state index contributed by atoms with van der Waals surface area (Å²) < 4.78 is 5.55. The number of ketones is 1. The van der Waals surface area contributed by atoms with E-state index in [-0.39, 0.29) is 75.5 Å². The molecule has 178 valence electrons. The molecule has 31 heavy (non-hydrogen) atoms. The molecule has 1 aromatic rings. The van der Waals surface area contributed by atoms with Crippen LogP contribution in [0, 0.1) is 5.92 Å². The molecule has 1 aromatic carbocycles. The van der Waals surface area contributed by atoms with Crippen LogP contribution in [0.4, 0.5) is 0 Å². The van der Waals surface area contributed by atoms with Gasteiger partial charge in [-0.05, 0) is 35.3 Å². The lowest BCUT2D eigenvalue weighted by atomic mass is 9.87. The van der Waals surface area contributed by atoms with Gasteiger partial charge in [-0.25, -0.2) is 0 Å². The first-order valence-corrected chi connectivity index (χ1v) is 11.4. The third-order valence-electron chi connectivity index (χ3n) is 5.63. The number of Topliss-reactive ketones (excluding diaryl/α,β-unsaturated/α-hetero) is 1. The summed E-state index contributed by atoms with van der Waals surface area (Å²) in [6.45, 7) is 11.7. The maximum atomic E-state index is 13.3. The van der Waals surface area contributed by atoms with Crippen molar-refractivity contribution in [2.24, 2.45) is 5.92 Å². The van der Waals surface area contributed by atoms with E-state index in [1.807, 2.05) is 0 Å². The van der Waals surface area contributed by atoms with Crippen molar-refractivity contribution in [3.8, 4) is 0 Å². The van der Waals surface area contributed by atoms with Crippen LogP contribution in [0.25, 0.3) is 0 Å². The van der Waals surface area contributed by atoms with Crippen LogP contribution in [0.15, 0.2) is 24.3 Å². The van der Waals surface area contributed by atoms with E-state index in [0.717, 1.165) is 18.6 Å². The molecule has 2 heterocycles. The standard InChI is InChI=1S/C23H33NO3S.CH4.2H2S/c1-15(2)12-20(22(26)24-11-10-19-21(24)18(25)13-27-19)28-14-16-6-8-17(9-7-16)23(3,4)5;;;/h6-9,15,19-21H,10-14H2,1-5H3;1H4;2*1H2/t19-,20+,21-;;;/m1.../s1. The lowest BCUT2D eigenvalue weighted by Gasteiger charge is -2.27. The zero-order valence-corrected chi connectivity index (χ0v) is 21.6.